The zero-order valence-corrected chi connectivity index (χ0v) is 13.2. The molecule has 1 aromatic heterocycles. The molecule has 0 unspecified atom stereocenters. The number of benzene rings is 1. The van der Waals surface area contributed by atoms with Crippen molar-refractivity contribution >= 4 is 46.3 Å². The molecular weight excluding hydrogens is 304 g/mol. The average molecular weight is 317 g/mol. The van der Waals surface area contributed by atoms with Crippen LogP contribution in [0, 0.1) is 6.92 Å². The van der Waals surface area contributed by atoms with E-state index in [9.17, 15) is 4.79 Å². The van der Waals surface area contributed by atoms with Crippen LogP contribution >= 0.6 is 22.9 Å². The molecule has 0 bridgehead atoms. The second-order valence-electron chi connectivity index (χ2n) is 4.81. The van der Waals surface area contributed by atoms with Crippen molar-refractivity contribution in [2.24, 2.45) is 5.10 Å². The maximum Gasteiger partial charge on any atom is 0.280 e. The van der Waals surface area contributed by atoms with Gasteiger partial charge in [0.25, 0.3) is 5.91 Å². The molecule has 1 aliphatic heterocycles. The van der Waals surface area contributed by atoms with Crippen molar-refractivity contribution < 1.29 is 4.79 Å². The van der Waals surface area contributed by atoms with E-state index in [4.69, 9.17) is 11.6 Å². The predicted octanol–water partition coefficient (Wildman–Crippen LogP) is 4.52. The van der Waals surface area contributed by atoms with Gasteiger partial charge < -0.3 is 0 Å². The molecule has 1 amide bonds. The summed E-state index contributed by atoms with van der Waals surface area (Å²) < 4.78 is 0. The summed E-state index contributed by atoms with van der Waals surface area (Å²) in [5.74, 6) is -0.123. The van der Waals surface area contributed by atoms with Crippen LogP contribution in [0.15, 0.2) is 46.4 Å². The Balaban J connectivity index is 1.98. The molecule has 3 nitrogen and oxygen atoms in total. The van der Waals surface area contributed by atoms with Crippen molar-refractivity contribution in [3.8, 4) is 0 Å². The molecule has 3 rings (SSSR count). The number of carbonyl (C=O) groups is 1. The molecule has 21 heavy (non-hydrogen) atoms. The first-order valence-corrected chi connectivity index (χ1v) is 7.73. The Bertz CT molecular complexity index is 776. The Morgan fingerprint density at radius 3 is 2.76 bits per heavy atom. The number of nitrogens with zero attached hydrogens (tertiary/aromatic N) is 2. The number of hydrogen-bond acceptors (Lipinski definition) is 3. The molecule has 0 N–H and O–H groups in total. The summed E-state index contributed by atoms with van der Waals surface area (Å²) in [6, 6.07) is 9.17. The lowest BCUT2D eigenvalue weighted by molar-refractivity contribution is -0.114. The quantitative estimate of drug-likeness (QED) is 0.750. The molecule has 2 heterocycles. The normalized spacial score (nSPS) is 16.7. The summed E-state index contributed by atoms with van der Waals surface area (Å²) in [4.78, 5) is 13.7. The van der Waals surface area contributed by atoms with Crippen molar-refractivity contribution in [3.05, 3.63) is 56.7 Å². The van der Waals surface area contributed by atoms with Crippen molar-refractivity contribution in [3.63, 3.8) is 0 Å². The number of carbonyl (C=O) groups excluding carboxylic acids is 1. The lowest BCUT2D eigenvalue weighted by Crippen LogP contribution is -2.21. The van der Waals surface area contributed by atoms with Crippen LogP contribution in [0.2, 0.25) is 5.02 Å². The third-order valence-electron chi connectivity index (χ3n) is 3.29. The lowest BCUT2D eigenvalue weighted by Gasteiger charge is -2.11. The summed E-state index contributed by atoms with van der Waals surface area (Å²) in [5.41, 5.74) is 3.18. The van der Waals surface area contributed by atoms with Crippen LogP contribution in [0.1, 0.15) is 17.4 Å². The minimum absolute atomic E-state index is 0.123. The molecular formula is C16H13ClN2OS. The third-order valence-corrected chi connectivity index (χ3v) is 4.49. The Morgan fingerprint density at radius 1 is 1.29 bits per heavy atom. The number of anilines is 1. The summed E-state index contributed by atoms with van der Waals surface area (Å²) >= 11 is 7.60. The largest absolute Gasteiger partial charge is 0.280 e. The minimum Gasteiger partial charge on any atom is -0.267 e. The van der Waals surface area contributed by atoms with Gasteiger partial charge in [-0.2, -0.15) is 10.1 Å². The second kappa shape index (κ2) is 5.47. The highest BCUT2D eigenvalue weighted by molar-refractivity contribution is 7.11. The summed E-state index contributed by atoms with van der Waals surface area (Å²) in [6.45, 7) is 3.88. The molecule has 5 heteroatoms. The van der Waals surface area contributed by atoms with Crippen LogP contribution in [0.4, 0.5) is 5.69 Å². The van der Waals surface area contributed by atoms with E-state index in [0.717, 1.165) is 10.4 Å². The zero-order valence-electron chi connectivity index (χ0n) is 11.6. The lowest BCUT2D eigenvalue weighted by atomic mass is 10.1. The Kier molecular flexibility index (Phi) is 3.66. The standard InChI is InChI=1S/C16H13ClN2OS/c1-10-6-7-21-15(10)9-14-11(2)18-19(16(14)20)13-5-3-4-12(17)8-13/h3-9H,1-2H3. The van der Waals surface area contributed by atoms with Gasteiger partial charge in [-0.1, -0.05) is 17.7 Å². The van der Waals surface area contributed by atoms with E-state index >= 15 is 0 Å². The van der Waals surface area contributed by atoms with E-state index in [1.807, 2.05) is 37.4 Å². The second-order valence-corrected chi connectivity index (χ2v) is 6.19. The monoisotopic (exact) mass is 316 g/mol. The van der Waals surface area contributed by atoms with Gasteiger partial charge in [0.1, 0.15) is 0 Å². The van der Waals surface area contributed by atoms with Crippen LogP contribution in [-0.4, -0.2) is 11.6 Å². The molecule has 2 aromatic rings. The van der Waals surface area contributed by atoms with Gasteiger partial charge in [0.15, 0.2) is 0 Å². The molecule has 0 radical (unpaired) electrons. The van der Waals surface area contributed by atoms with Crippen LogP contribution < -0.4 is 5.01 Å². The molecule has 0 saturated carbocycles. The first-order chi connectivity index (χ1) is 10.1. The fraction of sp³-hybridized carbons (Fsp3) is 0.125. The van der Waals surface area contributed by atoms with Crippen molar-refractivity contribution in [2.45, 2.75) is 13.8 Å². The Labute approximate surface area is 132 Å². The molecule has 0 spiro atoms. The summed E-state index contributed by atoms with van der Waals surface area (Å²) in [6.07, 6.45) is 1.91. The Morgan fingerprint density at radius 2 is 2.10 bits per heavy atom. The smallest absolute Gasteiger partial charge is 0.267 e. The van der Waals surface area contributed by atoms with E-state index in [-0.39, 0.29) is 5.91 Å². The molecule has 0 atom stereocenters. The van der Waals surface area contributed by atoms with Gasteiger partial charge in [0, 0.05) is 9.90 Å². The van der Waals surface area contributed by atoms with E-state index in [1.165, 1.54) is 5.01 Å². The molecule has 0 fully saturated rings. The highest BCUT2D eigenvalue weighted by Crippen LogP contribution is 2.28. The predicted molar refractivity (Wildman–Crippen MR) is 89.1 cm³/mol. The Hall–Kier alpha value is -1.91. The van der Waals surface area contributed by atoms with Gasteiger partial charge >= 0.3 is 0 Å². The number of thiophene rings is 1. The van der Waals surface area contributed by atoms with Gasteiger partial charge in [0.05, 0.1) is 17.0 Å². The fourth-order valence-electron chi connectivity index (χ4n) is 2.13. The number of rotatable bonds is 2. The molecule has 0 aliphatic carbocycles. The van der Waals surface area contributed by atoms with Crippen molar-refractivity contribution in [1.82, 2.24) is 0 Å². The van der Waals surface area contributed by atoms with Gasteiger partial charge in [-0.05, 0) is 55.1 Å². The summed E-state index contributed by atoms with van der Waals surface area (Å²) in [7, 11) is 0. The van der Waals surface area contributed by atoms with E-state index in [0.29, 0.717) is 22.0 Å². The van der Waals surface area contributed by atoms with Gasteiger partial charge in [0.2, 0.25) is 0 Å². The molecule has 1 aliphatic rings. The van der Waals surface area contributed by atoms with Crippen LogP contribution in [0.3, 0.4) is 0 Å². The number of halogens is 1. The molecule has 0 saturated heterocycles. The van der Waals surface area contributed by atoms with Crippen LogP contribution in [0.5, 0.6) is 0 Å². The number of aryl methyl sites for hydroxylation is 1. The average Bonchev–Trinajstić information content (AvgIpc) is 2.97. The number of hydrazone groups is 1. The zero-order chi connectivity index (χ0) is 15.0. The van der Waals surface area contributed by atoms with Gasteiger partial charge in [-0.15, -0.1) is 11.3 Å². The topological polar surface area (TPSA) is 32.7 Å². The van der Waals surface area contributed by atoms with Crippen LogP contribution in [0.25, 0.3) is 6.08 Å². The first-order valence-electron chi connectivity index (χ1n) is 6.47. The summed E-state index contributed by atoms with van der Waals surface area (Å²) in [5, 5.41) is 8.35. The first kappa shape index (κ1) is 14.0. The maximum absolute atomic E-state index is 12.6. The van der Waals surface area contributed by atoms with E-state index in [2.05, 4.69) is 5.10 Å². The van der Waals surface area contributed by atoms with E-state index in [1.54, 1.807) is 29.5 Å². The van der Waals surface area contributed by atoms with Crippen molar-refractivity contribution in [2.75, 3.05) is 5.01 Å². The highest BCUT2D eigenvalue weighted by atomic mass is 35.5. The number of amides is 1. The van der Waals surface area contributed by atoms with Crippen LogP contribution in [-0.2, 0) is 4.79 Å². The SMILES string of the molecule is CC1=NN(c2cccc(Cl)c2)C(=O)C1=Cc1sccc1C. The minimum atomic E-state index is -0.123. The molecule has 106 valence electrons. The third kappa shape index (κ3) is 2.64. The fourth-order valence-corrected chi connectivity index (χ4v) is 3.17. The highest BCUT2D eigenvalue weighted by Gasteiger charge is 2.28. The number of hydrogen-bond donors (Lipinski definition) is 0. The van der Waals surface area contributed by atoms with Gasteiger partial charge in [-0.25, -0.2) is 0 Å². The molecule has 1 aromatic carbocycles. The van der Waals surface area contributed by atoms with Gasteiger partial charge in [-0.3, -0.25) is 4.79 Å². The maximum atomic E-state index is 12.6. The van der Waals surface area contributed by atoms with E-state index < -0.39 is 0 Å². The van der Waals surface area contributed by atoms with Crippen molar-refractivity contribution in [1.29, 1.82) is 0 Å².